The van der Waals surface area contributed by atoms with Gasteiger partial charge in [-0.1, -0.05) is 52.0 Å². The maximum Gasteiger partial charge on any atom is 0.0914 e. The Bertz CT molecular complexity index is 360. The summed E-state index contributed by atoms with van der Waals surface area (Å²) in [6.07, 6.45) is -0.893. The van der Waals surface area contributed by atoms with Crippen LogP contribution in [0.1, 0.15) is 50.8 Å². The molecule has 3 N–H and O–H groups in total. The van der Waals surface area contributed by atoms with Gasteiger partial charge in [0.15, 0.2) is 0 Å². The average molecular weight is 265 g/mol. The topological polar surface area (TPSA) is 52.5 Å². The maximum atomic E-state index is 10.1. The minimum Gasteiger partial charge on any atom is -0.392 e. The van der Waals surface area contributed by atoms with Gasteiger partial charge in [-0.3, -0.25) is 0 Å². The summed E-state index contributed by atoms with van der Waals surface area (Å²) in [6.45, 7) is 9.24. The van der Waals surface area contributed by atoms with Gasteiger partial charge in [0.2, 0.25) is 0 Å². The molecule has 0 spiro atoms. The van der Waals surface area contributed by atoms with Crippen LogP contribution in [0.2, 0.25) is 0 Å². The van der Waals surface area contributed by atoms with E-state index in [1.54, 1.807) is 0 Å². The second-order valence-corrected chi connectivity index (χ2v) is 5.81. The number of aliphatic hydroxyl groups excluding tert-OH is 2. The van der Waals surface area contributed by atoms with Crippen molar-refractivity contribution in [1.82, 2.24) is 5.32 Å². The van der Waals surface area contributed by atoms with E-state index in [9.17, 15) is 10.2 Å². The van der Waals surface area contributed by atoms with Crippen molar-refractivity contribution in [2.75, 3.05) is 13.1 Å². The molecule has 2 atom stereocenters. The highest BCUT2D eigenvalue weighted by Crippen LogP contribution is 2.18. The predicted molar refractivity (Wildman–Crippen MR) is 79.2 cm³/mol. The van der Waals surface area contributed by atoms with Gasteiger partial charge in [0.05, 0.1) is 12.2 Å². The van der Waals surface area contributed by atoms with E-state index >= 15 is 0 Å². The summed E-state index contributed by atoms with van der Waals surface area (Å²) >= 11 is 0. The molecule has 19 heavy (non-hydrogen) atoms. The van der Waals surface area contributed by atoms with Crippen molar-refractivity contribution in [3.8, 4) is 0 Å². The van der Waals surface area contributed by atoms with Crippen molar-refractivity contribution in [3.63, 3.8) is 0 Å². The number of hydrogen-bond donors (Lipinski definition) is 3. The van der Waals surface area contributed by atoms with Gasteiger partial charge in [-0.2, -0.15) is 0 Å². The monoisotopic (exact) mass is 265 g/mol. The van der Waals surface area contributed by atoms with E-state index in [-0.39, 0.29) is 12.0 Å². The molecule has 2 unspecified atom stereocenters. The zero-order valence-electron chi connectivity index (χ0n) is 12.4. The molecule has 0 amide bonds. The highest BCUT2D eigenvalue weighted by Gasteiger charge is 2.11. The summed E-state index contributed by atoms with van der Waals surface area (Å²) in [5.74, 6) is 0.737. The van der Waals surface area contributed by atoms with Crippen LogP contribution in [-0.2, 0) is 0 Å². The van der Waals surface area contributed by atoms with E-state index in [4.69, 9.17) is 0 Å². The van der Waals surface area contributed by atoms with Crippen molar-refractivity contribution in [2.24, 2.45) is 5.92 Å². The Morgan fingerprint density at radius 2 is 1.42 bits per heavy atom. The van der Waals surface area contributed by atoms with Crippen LogP contribution >= 0.6 is 0 Å². The summed E-state index contributed by atoms with van der Waals surface area (Å²) in [6, 6.07) is 8.07. The molecule has 0 fully saturated rings. The van der Waals surface area contributed by atoms with Crippen LogP contribution in [0.5, 0.6) is 0 Å². The van der Waals surface area contributed by atoms with Crippen LogP contribution in [0.15, 0.2) is 24.3 Å². The van der Waals surface area contributed by atoms with Gasteiger partial charge < -0.3 is 15.5 Å². The van der Waals surface area contributed by atoms with Crippen LogP contribution in [0.4, 0.5) is 0 Å². The lowest BCUT2D eigenvalue weighted by molar-refractivity contribution is 0.113. The number of nitrogens with one attached hydrogen (secondary N) is 1. The number of aliphatic hydroxyl groups is 2. The van der Waals surface area contributed by atoms with Crippen LogP contribution in [0, 0.1) is 5.92 Å². The molecule has 3 nitrogen and oxygen atoms in total. The summed E-state index contributed by atoms with van der Waals surface area (Å²) in [7, 11) is 0. The molecular weight excluding hydrogens is 238 g/mol. The van der Waals surface area contributed by atoms with Gasteiger partial charge in [-0.05, 0) is 23.0 Å². The van der Waals surface area contributed by atoms with E-state index in [1.807, 2.05) is 26.0 Å². The quantitative estimate of drug-likeness (QED) is 0.710. The molecule has 0 saturated carbocycles. The van der Waals surface area contributed by atoms with E-state index in [1.165, 1.54) is 5.56 Å². The highest BCUT2D eigenvalue weighted by molar-refractivity contribution is 5.26. The van der Waals surface area contributed by atoms with Crippen molar-refractivity contribution in [1.29, 1.82) is 0 Å². The Labute approximate surface area is 116 Å². The normalized spacial score (nSPS) is 14.9. The first-order valence-corrected chi connectivity index (χ1v) is 7.08. The zero-order chi connectivity index (χ0) is 14.4. The van der Waals surface area contributed by atoms with E-state index in [0.29, 0.717) is 19.0 Å². The third-order valence-electron chi connectivity index (χ3n) is 3.45. The van der Waals surface area contributed by atoms with Gasteiger partial charge in [0, 0.05) is 13.1 Å². The van der Waals surface area contributed by atoms with Gasteiger partial charge >= 0.3 is 0 Å². The molecule has 0 aliphatic rings. The van der Waals surface area contributed by atoms with Crippen LogP contribution in [0.3, 0.4) is 0 Å². The molecule has 3 heteroatoms. The second-order valence-electron chi connectivity index (χ2n) is 5.81. The Balaban J connectivity index is 2.43. The van der Waals surface area contributed by atoms with Crippen molar-refractivity contribution in [2.45, 2.75) is 45.8 Å². The minimum absolute atomic E-state index is 0.231. The third kappa shape index (κ3) is 5.31. The highest BCUT2D eigenvalue weighted by atomic mass is 16.3. The number of rotatable bonds is 7. The molecule has 1 aromatic carbocycles. The molecule has 0 saturated heterocycles. The van der Waals surface area contributed by atoms with E-state index in [2.05, 4.69) is 31.3 Å². The Morgan fingerprint density at radius 3 is 1.89 bits per heavy atom. The summed E-state index contributed by atoms with van der Waals surface area (Å²) < 4.78 is 0. The first kappa shape index (κ1) is 16.2. The predicted octanol–water partition coefficient (Wildman–Crippen LogP) is 2.45. The Morgan fingerprint density at radius 1 is 0.895 bits per heavy atom. The standard InChI is InChI=1S/C16H27NO2/c1-11(2)13-5-7-14(8-6-13)16(19)10-17-9-15(18)12(3)4/h5-8,11-12,15-19H,9-10H2,1-4H3. The number of benzene rings is 1. The molecule has 0 heterocycles. The first-order valence-electron chi connectivity index (χ1n) is 7.08. The summed E-state index contributed by atoms with van der Waals surface area (Å²) in [5.41, 5.74) is 2.19. The Hall–Kier alpha value is -0.900. The lowest BCUT2D eigenvalue weighted by atomic mass is 10.00. The molecule has 108 valence electrons. The molecule has 1 rings (SSSR count). The lowest BCUT2D eigenvalue weighted by Crippen LogP contribution is -2.33. The SMILES string of the molecule is CC(C)c1ccc(C(O)CNCC(O)C(C)C)cc1. The molecule has 1 aromatic rings. The molecule has 0 bridgehead atoms. The largest absolute Gasteiger partial charge is 0.392 e. The van der Waals surface area contributed by atoms with Crippen molar-refractivity contribution >= 4 is 0 Å². The van der Waals surface area contributed by atoms with Gasteiger partial charge in [0.25, 0.3) is 0 Å². The van der Waals surface area contributed by atoms with Crippen LogP contribution in [-0.4, -0.2) is 29.4 Å². The van der Waals surface area contributed by atoms with Gasteiger partial charge in [0.1, 0.15) is 0 Å². The maximum absolute atomic E-state index is 10.1. The summed E-state index contributed by atoms with van der Waals surface area (Å²) in [4.78, 5) is 0. The third-order valence-corrected chi connectivity index (χ3v) is 3.45. The van der Waals surface area contributed by atoms with Gasteiger partial charge in [-0.25, -0.2) is 0 Å². The van der Waals surface area contributed by atoms with Crippen LogP contribution in [0.25, 0.3) is 0 Å². The van der Waals surface area contributed by atoms with E-state index in [0.717, 1.165) is 5.56 Å². The summed E-state index contributed by atoms with van der Waals surface area (Å²) in [5, 5.41) is 22.8. The van der Waals surface area contributed by atoms with Gasteiger partial charge in [-0.15, -0.1) is 0 Å². The molecule has 0 aromatic heterocycles. The fourth-order valence-electron chi connectivity index (χ4n) is 1.82. The first-order chi connectivity index (χ1) is 8.91. The van der Waals surface area contributed by atoms with Crippen LogP contribution < -0.4 is 5.32 Å². The van der Waals surface area contributed by atoms with Crippen molar-refractivity contribution in [3.05, 3.63) is 35.4 Å². The zero-order valence-corrected chi connectivity index (χ0v) is 12.4. The fourth-order valence-corrected chi connectivity index (χ4v) is 1.82. The molecule has 0 aliphatic heterocycles. The van der Waals surface area contributed by atoms with E-state index < -0.39 is 6.10 Å². The molecule has 0 radical (unpaired) electrons. The molecule has 0 aliphatic carbocycles. The molecular formula is C16H27NO2. The smallest absolute Gasteiger partial charge is 0.0914 e. The average Bonchev–Trinajstić information content (AvgIpc) is 2.38. The second kappa shape index (κ2) is 7.63. The van der Waals surface area contributed by atoms with Crippen molar-refractivity contribution < 1.29 is 10.2 Å². The number of hydrogen-bond acceptors (Lipinski definition) is 3. The lowest BCUT2D eigenvalue weighted by Gasteiger charge is -2.17. The Kier molecular flexibility index (Phi) is 6.49. The minimum atomic E-state index is -0.527. The fraction of sp³-hybridized carbons (Fsp3) is 0.625.